The predicted molar refractivity (Wildman–Crippen MR) is 210 cm³/mol. The van der Waals surface area contributed by atoms with Gasteiger partial charge >= 0.3 is 0 Å². The van der Waals surface area contributed by atoms with Crippen LogP contribution in [0.2, 0.25) is 0 Å². The zero-order valence-electron chi connectivity index (χ0n) is 27.5. The number of fused-ring (bicyclic) bond motifs is 8. The van der Waals surface area contributed by atoms with E-state index in [1.165, 1.54) is 31.9 Å². The fourth-order valence-corrected chi connectivity index (χ4v) is 8.37. The van der Waals surface area contributed by atoms with Crippen LogP contribution in [0.15, 0.2) is 158 Å². The first-order valence-electron chi connectivity index (χ1n) is 17.1. The summed E-state index contributed by atoms with van der Waals surface area (Å²) >= 11 is 1.76. The summed E-state index contributed by atoms with van der Waals surface area (Å²) in [5.74, 6) is 4.39. The van der Waals surface area contributed by atoms with Gasteiger partial charge in [-0.1, -0.05) is 84.9 Å². The molecule has 10 aromatic rings. The lowest BCUT2D eigenvalue weighted by atomic mass is 10.1. The number of aromatic nitrogens is 4. The van der Waals surface area contributed by atoms with Crippen molar-refractivity contribution in [1.82, 2.24) is 19.5 Å². The van der Waals surface area contributed by atoms with Gasteiger partial charge < -0.3 is 14.0 Å². The lowest BCUT2D eigenvalue weighted by Crippen LogP contribution is -2.02. The Hall–Kier alpha value is -6.83. The molecule has 0 spiro atoms. The van der Waals surface area contributed by atoms with Gasteiger partial charge in [0.2, 0.25) is 0 Å². The molecule has 3 aromatic heterocycles. The Balaban J connectivity index is 0.996. The smallest absolute Gasteiger partial charge is 0.171 e. The Bertz CT molecular complexity index is 2970. The van der Waals surface area contributed by atoms with Gasteiger partial charge in [-0.2, -0.15) is 0 Å². The first-order valence-corrected chi connectivity index (χ1v) is 17.9. The van der Waals surface area contributed by atoms with Crippen molar-refractivity contribution >= 4 is 53.3 Å². The third-order valence-electron chi connectivity index (χ3n) is 9.72. The van der Waals surface area contributed by atoms with Crippen molar-refractivity contribution in [2.45, 2.75) is 0 Å². The predicted octanol–water partition coefficient (Wildman–Crippen LogP) is 12.2. The summed E-state index contributed by atoms with van der Waals surface area (Å²) in [5.41, 5.74) is 6.00. The molecule has 7 heteroatoms. The van der Waals surface area contributed by atoms with Crippen LogP contribution < -0.4 is 9.47 Å². The third-order valence-corrected chi connectivity index (χ3v) is 10.8. The zero-order valence-corrected chi connectivity index (χ0v) is 28.3. The summed E-state index contributed by atoms with van der Waals surface area (Å²) in [6, 6.07) is 54.0. The number of ether oxygens (including phenoxy) is 2. The van der Waals surface area contributed by atoms with E-state index in [0.29, 0.717) is 40.5 Å². The second kappa shape index (κ2) is 11.3. The molecule has 244 valence electrons. The van der Waals surface area contributed by atoms with Gasteiger partial charge in [0.1, 0.15) is 0 Å². The highest BCUT2D eigenvalue weighted by atomic mass is 32.1. The molecule has 0 radical (unpaired) electrons. The van der Waals surface area contributed by atoms with E-state index in [0.717, 1.165) is 32.5 Å². The molecular weight excluding hydrogens is 661 g/mol. The fourth-order valence-electron chi connectivity index (χ4n) is 7.25. The first kappa shape index (κ1) is 29.0. The average Bonchev–Trinajstić information content (AvgIpc) is 3.74. The summed E-state index contributed by atoms with van der Waals surface area (Å²) in [7, 11) is 0. The molecule has 0 saturated heterocycles. The largest absolute Gasteiger partial charge is 0.449 e. The maximum atomic E-state index is 6.51. The van der Waals surface area contributed by atoms with Crippen LogP contribution in [0.25, 0.3) is 81.8 Å². The highest BCUT2D eigenvalue weighted by Crippen LogP contribution is 2.50. The van der Waals surface area contributed by atoms with Crippen molar-refractivity contribution in [2.75, 3.05) is 0 Å². The van der Waals surface area contributed by atoms with Gasteiger partial charge in [0.05, 0.1) is 11.0 Å². The fraction of sp³-hybridized carbons (Fsp3) is 0. The minimum atomic E-state index is 0.548. The van der Waals surface area contributed by atoms with Gasteiger partial charge in [0, 0.05) is 59.4 Å². The Morgan fingerprint density at radius 1 is 0.385 bits per heavy atom. The second-order valence-electron chi connectivity index (χ2n) is 12.8. The van der Waals surface area contributed by atoms with E-state index >= 15 is 0 Å². The van der Waals surface area contributed by atoms with Crippen LogP contribution >= 0.6 is 11.3 Å². The van der Waals surface area contributed by atoms with Crippen LogP contribution in [-0.2, 0) is 0 Å². The van der Waals surface area contributed by atoms with E-state index in [1.807, 2.05) is 48.5 Å². The summed E-state index contributed by atoms with van der Waals surface area (Å²) in [4.78, 5) is 15.0. The van der Waals surface area contributed by atoms with E-state index in [1.54, 1.807) is 11.3 Å². The van der Waals surface area contributed by atoms with Crippen molar-refractivity contribution in [2.24, 2.45) is 0 Å². The van der Waals surface area contributed by atoms with Crippen LogP contribution in [0.3, 0.4) is 0 Å². The topological polar surface area (TPSA) is 62.1 Å². The van der Waals surface area contributed by atoms with Crippen molar-refractivity contribution in [3.8, 4) is 62.8 Å². The SMILES string of the molecule is c1ccc(-c2nc(-c3ccc(-n4c5ccccc5c5ccccc54)cc3)nc(-c3ccc4c(c3)Oc3cc5c(cc3O4)sc3ccccc35)n2)cc1. The molecule has 4 heterocycles. The van der Waals surface area contributed by atoms with Gasteiger partial charge in [0.15, 0.2) is 40.5 Å². The molecule has 0 bridgehead atoms. The van der Waals surface area contributed by atoms with E-state index < -0.39 is 0 Å². The lowest BCUT2D eigenvalue weighted by Gasteiger charge is -2.21. The normalized spacial score (nSPS) is 12.2. The van der Waals surface area contributed by atoms with E-state index in [9.17, 15) is 0 Å². The third kappa shape index (κ3) is 4.60. The molecule has 0 saturated carbocycles. The summed E-state index contributed by atoms with van der Waals surface area (Å²) in [6.45, 7) is 0. The van der Waals surface area contributed by atoms with Gasteiger partial charge in [0.25, 0.3) is 0 Å². The molecule has 1 aliphatic rings. The monoisotopic (exact) mass is 686 g/mol. The number of nitrogens with zero attached hydrogens (tertiary/aromatic N) is 4. The molecule has 0 amide bonds. The van der Waals surface area contributed by atoms with Crippen LogP contribution in [0, 0.1) is 0 Å². The van der Waals surface area contributed by atoms with Crippen molar-refractivity contribution in [3.63, 3.8) is 0 Å². The average molecular weight is 687 g/mol. The Labute approximate surface area is 301 Å². The summed E-state index contributed by atoms with van der Waals surface area (Å²) in [6.07, 6.45) is 0. The molecule has 0 atom stereocenters. The van der Waals surface area contributed by atoms with E-state index in [-0.39, 0.29) is 0 Å². The number of rotatable bonds is 4. The molecule has 0 unspecified atom stereocenters. The van der Waals surface area contributed by atoms with Crippen molar-refractivity contribution in [1.29, 1.82) is 0 Å². The van der Waals surface area contributed by atoms with Crippen LogP contribution in [0.4, 0.5) is 0 Å². The molecule has 1 aliphatic heterocycles. The number of hydrogen-bond acceptors (Lipinski definition) is 6. The van der Waals surface area contributed by atoms with Gasteiger partial charge in [-0.25, -0.2) is 15.0 Å². The van der Waals surface area contributed by atoms with Crippen LogP contribution in [0.5, 0.6) is 23.0 Å². The number of hydrogen-bond donors (Lipinski definition) is 0. The van der Waals surface area contributed by atoms with Gasteiger partial charge in [-0.3, -0.25) is 0 Å². The molecule has 0 N–H and O–H groups in total. The van der Waals surface area contributed by atoms with E-state index in [4.69, 9.17) is 24.4 Å². The Morgan fingerprint density at radius 2 is 0.923 bits per heavy atom. The molecular formula is C45H26N4O2S. The first-order chi connectivity index (χ1) is 25.7. The standard InChI is InChI=1S/C45H26N4O2S/c1-2-10-27(11-3-1)43-46-44(28-18-21-30(22-19-28)49-35-15-7-4-12-31(35)32-13-5-8-16-36(32)49)48-45(47-43)29-20-23-37-38(24-29)51-39-25-34-33-14-6-9-17-41(33)52-42(34)26-40(39)50-37/h1-26H. The lowest BCUT2D eigenvalue weighted by molar-refractivity contribution is 0.360. The Morgan fingerprint density at radius 3 is 1.65 bits per heavy atom. The number of thiophene rings is 1. The quantitative estimate of drug-likeness (QED) is 0.184. The van der Waals surface area contributed by atoms with Crippen LogP contribution in [-0.4, -0.2) is 19.5 Å². The van der Waals surface area contributed by atoms with Gasteiger partial charge in [-0.15, -0.1) is 11.3 Å². The molecule has 52 heavy (non-hydrogen) atoms. The van der Waals surface area contributed by atoms with Crippen molar-refractivity contribution in [3.05, 3.63) is 158 Å². The molecule has 11 rings (SSSR count). The summed E-state index contributed by atoms with van der Waals surface area (Å²) in [5, 5.41) is 4.82. The van der Waals surface area contributed by atoms with Crippen LogP contribution in [0.1, 0.15) is 0 Å². The maximum Gasteiger partial charge on any atom is 0.171 e. The highest BCUT2D eigenvalue weighted by molar-refractivity contribution is 7.25. The summed E-state index contributed by atoms with van der Waals surface area (Å²) < 4.78 is 17.6. The van der Waals surface area contributed by atoms with E-state index in [2.05, 4.69) is 114 Å². The second-order valence-corrected chi connectivity index (χ2v) is 13.9. The maximum absolute atomic E-state index is 6.51. The highest BCUT2D eigenvalue weighted by Gasteiger charge is 2.23. The molecule has 0 aliphatic carbocycles. The number of para-hydroxylation sites is 2. The van der Waals surface area contributed by atoms with Gasteiger partial charge in [-0.05, 0) is 66.7 Å². The number of benzene rings is 7. The molecule has 6 nitrogen and oxygen atoms in total. The minimum Gasteiger partial charge on any atom is -0.449 e. The Kier molecular flexibility index (Phi) is 6.32. The molecule has 7 aromatic carbocycles. The zero-order chi connectivity index (χ0) is 34.2. The molecule has 0 fully saturated rings. The minimum absolute atomic E-state index is 0.548. The van der Waals surface area contributed by atoms with Crippen molar-refractivity contribution < 1.29 is 9.47 Å².